The molecule has 0 aliphatic rings. The van der Waals surface area contributed by atoms with Crippen LogP contribution in [0.15, 0.2) is 72.8 Å². The number of halogens is 3. The van der Waals surface area contributed by atoms with Crippen molar-refractivity contribution >= 4 is 59.0 Å². The molecule has 6 nitrogen and oxygen atoms in total. The van der Waals surface area contributed by atoms with Crippen LogP contribution in [-0.4, -0.2) is 13.5 Å². The van der Waals surface area contributed by atoms with Crippen molar-refractivity contribution in [2.24, 2.45) is 0 Å². The first-order valence-corrected chi connectivity index (χ1v) is 14.8. The van der Waals surface area contributed by atoms with Crippen molar-refractivity contribution < 1.29 is 13.6 Å². The molecule has 0 aliphatic carbocycles. The van der Waals surface area contributed by atoms with Gasteiger partial charge in [-0.3, -0.25) is 0 Å². The van der Waals surface area contributed by atoms with E-state index < -0.39 is 24.2 Å². The molecule has 4 rings (SSSR count). The average molecular weight is 560 g/mol. The topological polar surface area (TPSA) is 66.4 Å². The van der Waals surface area contributed by atoms with Crippen LogP contribution in [0.1, 0.15) is 16.7 Å². The summed E-state index contributed by atoms with van der Waals surface area (Å²) in [7, 11) is -4.69. The van der Waals surface area contributed by atoms with Gasteiger partial charge in [0, 0.05) is 17.6 Å². The van der Waals surface area contributed by atoms with Gasteiger partial charge in [-0.2, -0.15) is 0 Å². The fraction of sp³-hybridized carbons (Fsp3) is 0.143. The van der Waals surface area contributed by atoms with Crippen LogP contribution < -0.4 is 13.6 Å². The highest BCUT2D eigenvalue weighted by atomic mass is 35.5. The van der Waals surface area contributed by atoms with Gasteiger partial charge in [-0.1, -0.05) is 36.4 Å². The van der Waals surface area contributed by atoms with Gasteiger partial charge in [0.15, 0.2) is 17.2 Å². The van der Waals surface area contributed by atoms with Gasteiger partial charge >= 0.3 is 24.2 Å². The monoisotopic (exact) mass is 558 g/mol. The fourth-order valence-electron chi connectivity index (χ4n) is 2.56. The van der Waals surface area contributed by atoms with Gasteiger partial charge < -0.3 is 0 Å². The van der Waals surface area contributed by atoms with Crippen molar-refractivity contribution in [1.82, 2.24) is 13.5 Å². The molecular formula is C21H18Cl3N3O3P3+3. The number of hydrogen-bond acceptors (Lipinski definition) is 6. The molecule has 0 saturated carbocycles. The molecule has 0 atom stereocenters. The molecule has 1 heterocycles. The first kappa shape index (κ1) is 24.4. The molecule has 168 valence electrons. The summed E-state index contributed by atoms with van der Waals surface area (Å²) in [4.78, 5) is 0. The summed E-state index contributed by atoms with van der Waals surface area (Å²) in [5.74, 6) is 3.25. The van der Waals surface area contributed by atoms with Crippen molar-refractivity contribution in [1.29, 1.82) is 0 Å². The van der Waals surface area contributed by atoms with E-state index in [1.807, 2.05) is 72.8 Å². The number of aromatic nitrogens is 3. The summed E-state index contributed by atoms with van der Waals surface area (Å²) in [6, 6.07) is 22.5. The lowest BCUT2D eigenvalue weighted by Crippen LogP contribution is -1.93. The molecule has 3 aromatic carbocycles. The zero-order valence-electron chi connectivity index (χ0n) is 17.1. The lowest BCUT2D eigenvalue weighted by molar-refractivity contribution is 0.600. The number of benzene rings is 3. The Hall–Kier alpha value is -1.77. The minimum atomic E-state index is -1.56. The third kappa shape index (κ3) is 7.11. The minimum absolute atomic E-state index is 0.436. The maximum absolute atomic E-state index is 6.03. The Bertz CT molecular complexity index is 1040. The SMILES string of the molecule is ClCc1ccc(O[p+]2n[p+](Oc3ccc(CCl)cc3)n[p+](Oc3ccc(CCl)cc3)n2)cc1. The highest BCUT2D eigenvalue weighted by Gasteiger charge is 2.43. The summed E-state index contributed by atoms with van der Waals surface area (Å²) in [6.45, 7) is 0. The Morgan fingerprint density at radius 2 is 0.697 bits per heavy atom. The molecular weight excluding hydrogens is 542 g/mol. The van der Waals surface area contributed by atoms with Crippen molar-refractivity contribution in [3.63, 3.8) is 0 Å². The molecule has 0 spiro atoms. The second-order valence-electron chi connectivity index (χ2n) is 6.63. The lowest BCUT2D eigenvalue weighted by Gasteiger charge is -1.96. The van der Waals surface area contributed by atoms with E-state index in [0.717, 1.165) is 16.7 Å². The van der Waals surface area contributed by atoms with E-state index in [0.29, 0.717) is 34.9 Å². The quantitative estimate of drug-likeness (QED) is 0.192. The minimum Gasteiger partial charge on any atom is -0.243 e. The van der Waals surface area contributed by atoms with Crippen LogP contribution in [0.3, 0.4) is 0 Å². The van der Waals surface area contributed by atoms with E-state index in [9.17, 15) is 0 Å². The third-order valence-electron chi connectivity index (χ3n) is 4.25. The molecule has 0 fully saturated rings. The molecule has 0 N–H and O–H groups in total. The van der Waals surface area contributed by atoms with Gasteiger partial charge in [0.1, 0.15) is 0 Å². The zero-order valence-corrected chi connectivity index (χ0v) is 22.0. The Labute approximate surface area is 209 Å². The molecule has 1 aromatic heterocycles. The molecule has 0 saturated heterocycles. The second-order valence-corrected chi connectivity index (χ2v) is 11.6. The molecule has 0 radical (unpaired) electrons. The maximum Gasteiger partial charge on any atom is 0.682 e. The molecule has 12 heteroatoms. The lowest BCUT2D eigenvalue weighted by atomic mass is 10.2. The smallest absolute Gasteiger partial charge is 0.243 e. The molecule has 0 aliphatic heterocycles. The van der Waals surface area contributed by atoms with E-state index >= 15 is 0 Å². The first-order valence-electron chi connectivity index (χ1n) is 9.69. The van der Waals surface area contributed by atoms with Gasteiger partial charge in [-0.25, -0.2) is 13.6 Å². The predicted octanol–water partition coefficient (Wildman–Crippen LogP) is 8.42. The summed E-state index contributed by atoms with van der Waals surface area (Å²) < 4.78 is 31.9. The Morgan fingerprint density at radius 3 is 0.909 bits per heavy atom. The van der Waals surface area contributed by atoms with Crippen LogP contribution in [0.5, 0.6) is 17.2 Å². The van der Waals surface area contributed by atoms with Gasteiger partial charge in [-0.15, -0.1) is 34.8 Å². The zero-order chi connectivity index (χ0) is 23.0. The third-order valence-corrected chi connectivity index (χ3v) is 9.97. The van der Waals surface area contributed by atoms with Crippen molar-refractivity contribution in [2.45, 2.75) is 17.6 Å². The predicted molar refractivity (Wildman–Crippen MR) is 137 cm³/mol. The Morgan fingerprint density at radius 1 is 0.455 bits per heavy atom. The van der Waals surface area contributed by atoms with E-state index in [4.69, 9.17) is 48.4 Å². The number of nitrogens with zero attached hydrogens (tertiary/aromatic N) is 3. The van der Waals surface area contributed by atoms with E-state index in [2.05, 4.69) is 13.5 Å². The van der Waals surface area contributed by atoms with Gasteiger partial charge in [0.2, 0.25) is 0 Å². The van der Waals surface area contributed by atoms with Crippen LogP contribution in [0.4, 0.5) is 0 Å². The second kappa shape index (κ2) is 12.1. The van der Waals surface area contributed by atoms with Crippen molar-refractivity contribution in [3.05, 3.63) is 89.5 Å². The largest absolute Gasteiger partial charge is 0.682 e. The van der Waals surface area contributed by atoms with Gasteiger partial charge in [0.25, 0.3) is 13.5 Å². The van der Waals surface area contributed by atoms with Crippen LogP contribution in [0.25, 0.3) is 0 Å². The first-order chi connectivity index (χ1) is 16.1. The number of rotatable bonds is 9. The van der Waals surface area contributed by atoms with E-state index in [1.165, 1.54) is 0 Å². The number of hydrogen-bond donors (Lipinski definition) is 0. The van der Waals surface area contributed by atoms with Crippen LogP contribution >= 0.6 is 59.0 Å². The van der Waals surface area contributed by atoms with E-state index in [1.54, 1.807) is 0 Å². The summed E-state index contributed by atoms with van der Waals surface area (Å²) in [5, 5.41) is 0. The number of alkyl halides is 3. The summed E-state index contributed by atoms with van der Waals surface area (Å²) in [6.07, 6.45) is 0. The highest BCUT2D eigenvalue weighted by molar-refractivity contribution is 7.58. The van der Waals surface area contributed by atoms with Crippen molar-refractivity contribution in [3.8, 4) is 17.2 Å². The molecule has 0 amide bonds. The van der Waals surface area contributed by atoms with Crippen LogP contribution in [-0.2, 0) is 17.6 Å². The Kier molecular flexibility index (Phi) is 8.92. The molecule has 0 unspecified atom stereocenters. The van der Waals surface area contributed by atoms with Crippen LogP contribution in [0, 0.1) is 0 Å². The normalized spacial score (nSPS) is 12.3. The van der Waals surface area contributed by atoms with Gasteiger partial charge in [0.05, 0.1) is 0 Å². The molecule has 0 bridgehead atoms. The fourth-order valence-corrected chi connectivity index (χ4v) is 7.87. The van der Waals surface area contributed by atoms with Crippen molar-refractivity contribution in [2.75, 3.05) is 0 Å². The summed E-state index contributed by atoms with van der Waals surface area (Å²) >= 11 is 17.6. The Balaban J connectivity index is 1.61. The van der Waals surface area contributed by atoms with Gasteiger partial charge in [-0.05, 0) is 53.1 Å². The highest BCUT2D eigenvalue weighted by Crippen LogP contribution is 2.40. The van der Waals surface area contributed by atoms with E-state index in [-0.39, 0.29) is 0 Å². The standard InChI is InChI=1S/C21H18Cl3N3O3P3/c22-13-16-1-7-19(8-2-16)28-31-25-32(29-20-9-3-17(14-23)4-10-20)27-33(26-31)30-21-11-5-18(15-24)6-12-21/h1-12H,13-15H2/q+3. The summed E-state index contributed by atoms with van der Waals surface area (Å²) in [5.41, 5.74) is 3.00. The average Bonchev–Trinajstić information content (AvgIpc) is 2.85. The molecule has 33 heavy (non-hydrogen) atoms. The molecule has 4 aromatic rings. The maximum atomic E-state index is 6.03. The van der Waals surface area contributed by atoms with Crippen LogP contribution in [0.2, 0.25) is 0 Å².